The summed E-state index contributed by atoms with van der Waals surface area (Å²) in [6.07, 6.45) is 2.73. The molecule has 0 atom stereocenters. The van der Waals surface area contributed by atoms with Gasteiger partial charge in [-0.15, -0.1) is 0 Å². The number of unbranched alkanes of at least 4 members (excludes halogenated alkanes) is 1. The average Bonchev–Trinajstić information content (AvgIpc) is 2.47. The number of carbonyl (C=O) groups is 1. The van der Waals surface area contributed by atoms with Gasteiger partial charge in [-0.2, -0.15) is 0 Å². The van der Waals surface area contributed by atoms with Crippen molar-refractivity contribution in [3.63, 3.8) is 0 Å². The molecule has 0 fully saturated rings. The molecule has 2 rings (SSSR count). The van der Waals surface area contributed by atoms with E-state index in [2.05, 4.69) is 45.0 Å². The number of benzene rings is 2. The Bertz CT molecular complexity index is 598. The molecule has 2 nitrogen and oxygen atoms in total. The standard InChI is InChI=1S/C19H25NO/c1-4-5-13-20(19(21)14-15(2)3)18-12-8-10-16-9-6-7-11-17(16)18/h6-12,15H,4-5,13-14H2,1-3H3. The molecule has 0 aliphatic carbocycles. The molecule has 0 aliphatic rings. The first-order valence-electron chi connectivity index (χ1n) is 7.91. The van der Waals surface area contributed by atoms with Gasteiger partial charge in [0, 0.05) is 18.4 Å². The highest BCUT2D eigenvalue weighted by molar-refractivity contribution is 6.03. The van der Waals surface area contributed by atoms with Crippen molar-refractivity contribution in [3.05, 3.63) is 42.5 Å². The highest BCUT2D eigenvalue weighted by atomic mass is 16.2. The minimum atomic E-state index is 0.231. The quantitative estimate of drug-likeness (QED) is 0.729. The van der Waals surface area contributed by atoms with Crippen molar-refractivity contribution < 1.29 is 4.79 Å². The molecule has 2 heteroatoms. The first-order valence-corrected chi connectivity index (χ1v) is 7.91. The van der Waals surface area contributed by atoms with Crippen LogP contribution in [0.25, 0.3) is 10.8 Å². The molecule has 0 aromatic heterocycles. The predicted octanol–water partition coefficient (Wildman–Crippen LogP) is 5.02. The molecule has 1 amide bonds. The van der Waals surface area contributed by atoms with Crippen LogP contribution in [-0.2, 0) is 4.79 Å². The Morgan fingerprint density at radius 1 is 1.10 bits per heavy atom. The van der Waals surface area contributed by atoms with Crippen LogP contribution in [0.1, 0.15) is 40.0 Å². The van der Waals surface area contributed by atoms with E-state index in [1.54, 1.807) is 0 Å². The van der Waals surface area contributed by atoms with Crippen LogP contribution in [0.15, 0.2) is 42.5 Å². The zero-order valence-corrected chi connectivity index (χ0v) is 13.3. The van der Waals surface area contributed by atoms with Gasteiger partial charge in [-0.25, -0.2) is 0 Å². The molecule has 0 heterocycles. The van der Waals surface area contributed by atoms with Gasteiger partial charge in [0.25, 0.3) is 0 Å². The van der Waals surface area contributed by atoms with Crippen LogP contribution in [-0.4, -0.2) is 12.5 Å². The second kappa shape index (κ2) is 7.26. The van der Waals surface area contributed by atoms with Crippen LogP contribution in [0.5, 0.6) is 0 Å². The Hall–Kier alpha value is -1.83. The number of hydrogen-bond acceptors (Lipinski definition) is 1. The van der Waals surface area contributed by atoms with Gasteiger partial charge in [-0.1, -0.05) is 63.6 Å². The second-order valence-electron chi connectivity index (χ2n) is 6.00. The lowest BCUT2D eigenvalue weighted by Gasteiger charge is -2.25. The first kappa shape index (κ1) is 15.6. The summed E-state index contributed by atoms with van der Waals surface area (Å²) in [6.45, 7) is 7.16. The van der Waals surface area contributed by atoms with E-state index in [1.807, 2.05) is 23.1 Å². The van der Waals surface area contributed by atoms with E-state index in [1.165, 1.54) is 5.39 Å². The molecule has 0 saturated heterocycles. The van der Waals surface area contributed by atoms with Gasteiger partial charge < -0.3 is 4.90 Å². The van der Waals surface area contributed by atoms with Crippen LogP contribution in [0.3, 0.4) is 0 Å². The minimum absolute atomic E-state index is 0.231. The summed E-state index contributed by atoms with van der Waals surface area (Å²) in [5.74, 6) is 0.617. The summed E-state index contributed by atoms with van der Waals surface area (Å²) < 4.78 is 0. The van der Waals surface area contributed by atoms with Crippen molar-refractivity contribution in [3.8, 4) is 0 Å². The zero-order valence-electron chi connectivity index (χ0n) is 13.3. The fraction of sp³-hybridized carbons (Fsp3) is 0.421. The van der Waals surface area contributed by atoms with E-state index in [0.29, 0.717) is 12.3 Å². The summed E-state index contributed by atoms with van der Waals surface area (Å²) in [5, 5.41) is 2.35. The topological polar surface area (TPSA) is 20.3 Å². The highest BCUT2D eigenvalue weighted by Crippen LogP contribution is 2.28. The molecule has 0 radical (unpaired) electrons. The number of amides is 1. The second-order valence-corrected chi connectivity index (χ2v) is 6.00. The Labute approximate surface area is 127 Å². The third kappa shape index (κ3) is 3.84. The number of rotatable bonds is 6. The van der Waals surface area contributed by atoms with Crippen LogP contribution >= 0.6 is 0 Å². The Morgan fingerprint density at radius 3 is 2.52 bits per heavy atom. The van der Waals surface area contributed by atoms with Crippen molar-refractivity contribution in [2.24, 2.45) is 5.92 Å². The van der Waals surface area contributed by atoms with E-state index in [-0.39, 0.29) is 5.91 Å². The van der Waals surface area contributed by atoms with E-state index < -0.39 is 0 Å². The monoisotopic (exact) mass is 283 g/mol. The van der Waals surface area contributed by atoms with E-state index in [4.69, 9.17) is 0 Å². The van der Waals surface area contributed by atoms with Crippen LogP contribution in [0, 0.1) is 5.92 Å². The van der Waals surface area contributed by atoms with Crippen LogP contribution in [0.2, 0.25) is 0 Å². The normalized spacial score (nSPS) is 11.0. The van der Waals surface area contributed by atoms with Crippen molar-refractivity contribution in [1.82, 2.24) is 0 Å². The van der Waals surface area contributed by atoms with E-state index >= 15 is 0 Å². The molecule has 0 unspecified atom stereocenters. The summed E-state index contributed by atoms with van der Waals surface area (Å²) in [4.78, 5) is 14.6. The largest absolute Gasteiger partial charge is 0.312 e. The number of anilines is 1. The predicted molar refractivity (Wildman–Crippen MR) is 90.7 cm³/mol. The fourth-order valence-electron chi connectivity index (χ4n) is 2.60. The lowest BCUT2D eigenvalue weighted by Crippen LogP contribution is -2.32. The maximum Gasteiger partial charge on any atom is 0.227 e. The van der Waals surface area contributed by atoms with E-state index in [9.17, 15) is 4.79 Å². The molecule has 0 spiro atoms. The molecule has 2 aromatic rings. The molecule has 0 N–H and O–H groups in total. The molecule has 21 heavy (non-hydrogen) atoms. The molecular weight excluding hydrogens is 258 g/mol. The van der Waals surface area contributed by atoms with Gasteiger partial charge in [0.2, 0.25) is 5.91 Å². The minimum Gasteiger partial charge on any atom is -0.312 e. The summed E-state index contributed by atoms with van der Waals surface area (Å²) in [5.41, 5.74) is 1.05. The average molecular weight is 283 g/mol. The van der Waals surface area contributed by atoms with Crippen molar-refractivity contribution >= 4 is 22.4 Å². The van der Waals surface area contributed by atoms with Gasteiger partial charge >= 0.3 is 0 Å². The fourth-order valence-corrected chi connectivity index (χ4v) is 2.60. The SMILES string of the molecule is CCCCN(C(=O)CC(C)C)c1cccc2ccccc12. The highest BCUT2D eigenvalue weighted by Gasteiger charge is 2.18. The van der Waals surface area contributed by atoms with Crippen molar-refractivity contribution in [2.75, 3.05) is 11.4 Å². The third-order valence-electron chi connectivity index (χ3n) is 3.68. The molecule has 2 aromatic carbocycles. The molecule has 0 bridgehead atoms. The number of nitrogens with zero attached hydrogens (tertiary/aromatic N) is 1. The maximum atomic E-state index is 12.6. The van der Waals surface area contributed by atoms with Gasteiger partial charge in [0.15, 0.2) is 0 Å². The van der Waals surface area contributed by atoms with Gasteiger partial charge in [0.05, 0.1) is 5.69 Å². The summed E-state index contributed by atoms with van der Waals surface area (Å²) in [7, 11) is 0. The van der Waals surface area contributed by atoms with Gasteiger partial charge in [-0.3, -0.25) is 4.79 Å². The molecular formula is C19H25NO. The number of carbonyl (C=O) groups excluding carboxylic acids is 1. The molecule has 0 aliphatic heterocycles. The van der Waals surface area contributed by atoms with Gasteiger partial charge in [-0.05, 0) is 23.8 Å². The smallest absolute Gasteiger partial charge is 0.227 e. The number of fused-ring (bicyclic) bond motifs is 1. The first-order chi connectivity index (χ1) is 10.1. The lowest BCUT2D eigenvalue weighted by molar-refractivity contribution is -0.119. The zero-order chi connectivity index (χ0) is 15.2. The molecule has 112 valence electrons. The van der Waals surface area contributed by atoms with Gasteiger partial charge in [0.1, 0.15) is 0 Å². The Balaban J connectivity index is 2.40. The third-order valence-corrected chi connectivity index (χ3v) is 3.68. The molecule has 0 saturated carbocycles. The lowest BCUT2D eigenvalue weighted by atomic mass is 10.1. The van der Waals surface area contributed by atoms with Crippen LogP contribution in [0.4, 0.5) is 5.69 Å². The van der Waals surface area contributed by atoms with Crippen molar-refractivity contribution in [1.29, 1.82) is 0 Å². The number of hydrogen-bond donors (Lipinski definition) is 0. The Kier molecular flexibility index (Phi) is 5.38. The van der Waals surface area contributed by atoms with Crippen molar-refractivity contribution in [2.45, 2.75) is 40.0 Å². The Morgan fingerprint density at radius 2 is 1.81 bits per heavy atom. The maximum absolute atomic E-state index is 12.6. The summed E-state index contributed by atoms with van der Waals surface area (Å²) >= 11 is 0. The summed E-state index contributed by atoms with van der Waals surface area (Å²) in [6, 6.07) is 14.5. The van der Waals surface area contributed by atoms with E-state index in [0.717, 1.165) is 30.5 Å². The van der Waals surface area contributed by atoms with Crippen LogP contribution < -0.4 is 4.90 Å².